The van der Waals surface area contributed by atoms with Gasteiger partial charge in [0.2, 0.25) is 0 Å². The molecule has 2 heteroatoms. The molecule has 1 aromatic rings. The van der Waals surface area contributed by atoms with Gasteiger partial charge < -0.3 is 9.53 Å². The normalized spacial score (nSPS) is 12.3. The summed E-state index contributed by atoms with van der Waals surface area (Å²) in [5.74, 6) is 1.63. The molecule has 106 valence electrons. The molecule has 0 saturated carbocycles. The van der Waals surface area contributed by atoms with E-state index in [0.29, 0.717) is 12.3 Å². The first kappa shape index (κ1) is 15.7. The van der Waals surface area contributed by atoms with E-state index in [4.69, 9.17) is 4.74 Å². The molecule has 0 spiro atoms. The Morgan fingerprint density at radius 2 is 1.84 bits per heavy atom. The molecular weight excluding hydrogens is 236 g/mol. The second-order valence-corrected chi connectivity index (χ2v) is 5.60. The minimum absolute atomic E-state index is 0.269. The first-order chi connectivity index (χ1) is 8.93. The lowest BCUT2D eigenvalue weighted by molar-refractivity contribution is -0.117. The molecule has 0 fully saturated rings. The van der Waals surface area contributed by atoms with E-state index in [1.165, 1.54) is 16.7 Å². The van der Waals surface area contributed by atoms with Crippen molar-refractivity contribution < 1.29 is 9.53 Å². The maximum absolute atomic E-state index is 11.2. The van der Waals surface area contributed by atoms with Crippen molar-refractivity contribution in [2.45, 2.75) is 53.9 Å². The highest BCUT2D eigenvalue weighted by Gasteiger charge is 2.11. The Hall–Kier alpha value is -1.31. The lowest BCUT2D eigenvalue weighted by Crippen LogP contribution is -2.08. The predicted molar refractivity (Wildman–Crippen MR) is 79.9 cm³/mol. The second-order valence-electron chi connectivity index (χ2n) is 5.60. The SMILES string of the molecule is CCCOc1cc(C)c(CC(C)CC(C)=O)c(C)c1. The van der Waals surface area contributed by atoms with Gasteiger partial charge in [0.25, 0.3) is 0 Å². The minimum atomic E-state index is 0.269. The zero-order valence-electron chi connectivity index (χ0n) is 12.9. The van der Waals surface area contributed by atoms with Crippen LogP contribution in [0.5, 0.6) is 5.75 Å². The quantitative estimate of drug-likeness (QED) is 0.734. The fraction of sp³-hybridized carbons (Fsp3) is 0.588. The van der Waals surface area contributed by atoms with E-state index in [1.807, 2.05) is 0 Å². The molecule has 0 N–H and O–H groups in total. The lowest BCUT2D eigenvalue weighted by atomic mass is 9.91. The number of rotatable bonds is 7. The monoisotopic (exact) mass is 262 g/mol. The van der Waals surface area contributed by atoms with Crippen molar-refractivity contribution >= 4 is 5.78 Å². The highest BCUT2D eigenvalue weighted by atomic mass is 16.5. The van der Waals surface area contributed by atoms with Crippen molar-refractivity contribution in [2.24, 2.45) is 5.92 Å². The Kier molecular flexibility index (Phi) is 6.07. The summed E-state index contributed by atoms with van der Waals surface area (Å²) in [6.07, 6.45) is 2.65. The molecule has 0 bridgehead atoms. The Balaban J connectivity index is 2.81. The van der Waals surface area contributed by atoms with E-state index < -0.39 is 0 Å². The van der Waals surface area contributed by atoms with E-state index in [-0.39, 0.29) is 5.78 Å². The highest BCUT2D eigenvalue weighted by molar-refractivity contribution is 5.75. The van der Waals surface area contributed by atoms with Crippen LogP contribution in [-0.4, -0.2) is 12.4 Å². The number of Topliss-reactive ketones (excluding diaryl/α,β-unsaturated/α-hetero) is 1. The summed E-state index contributed by atoms with van der Waals surface area (Å²) in [5.41, 5.74) is 3.89. The number of hydrogen-bond acceptors (Lipinski definition) is 2. The summed E-state index contributed by atoms with van der Waals surface area (Å²) < 4.78 is 5.69. The van der Waals surface area contributed by atoms with E-state index >= 15 is 0 Å². The number of aryl methyl sites for hydroxylation is 2. The lowest BCUT2D eigenvalue weighted by Gasteiger charge is -2.16. The smallest absolute Gasteiger partial charge is 0.130 e. The van der Waals surface area contributed by atoms with Crippen LogP contribution in [0, 0.1) is 19.8 Å². The van der Waals surface area contributed by atoms with Crippen LogP contribution in [0.4, 0.5) is 0 Å². The van der Waals surface area contributed by atoms with Gasteiger partial charge in [-0.15, -0.1) is 0 Å². The maximum atomic E-state index is 11.2. The average Bonchev–Trinajstić information content (AvgIpc) is 2.30. The molecule has 1 unspecified atom stereocenters. The van der Waals surface area contributed by atoms with Crippen LogP contribution in [-0.2, 0) is 11.2 Å². The Morgan fingerprint density at radius 1 is 1.26 bits per heavy atom. The molecule has 0 aliphatic heterocycles. The van der Waals surface area contributed by atoms with E-state index in [0.717, 1.165) is 25.2 Å². The van der Waals surface area contributed by atoms with Crippen LogP contribution in [0.1, 0.15) is 50.3 Å². The Bertz CT molecular complexity index is 412. The summed E-state index contributed by atoms with van der Waals surface area (Å²) in [7, 11) is 0. The van der Waals surface area contributed by atoms with Gasteiger partial charge in [0.05, 0.1) is 6.61 Å². The van der Waals surface area contributed by atoms with Crippen molar-refractivity contribution in [3.63, 3.8) is 0 Å². The first-order valence-electron chi connectivity index (χ1n) is 7.16. The molecule has 0 radical (unpaired) electrons. The van der Waals surface area contributed by atoms with Gasteiger partial charge in [-0.05, 0) is 68.4 Å². The number of carbonyl (C=O) groups is 1. The molecule has 0 aliphatic rings. The van der Waals surface area contributed by atoms with E-state index in [1.54, 1.807) is 6.92 Å². The Labute approximate surface area is 117 Å². The largest absolute Gasteiger partial charge is 0.494 e. The van der Waals surface area contributed by atoms with Gasteiger partial charge in [-0.3, -0.25) is 0 Å². The van der Waals surface area contributed by atoms with Crippen molar-refractivity contribution in [1.29, 1.82) is 0 Å². The first-order valence-corrected chi connectivity index (χ1v) is 7.16. The third-order valence-corrected chi connectivity index (χ3v) is 3.33. The number of ether oxygens (including phenoxy) is 1. The summed E-state index contributed by atoms with van der Waals surface area (Å²) in [6.45, 7) is 10.9. The van der Waals surface area contributed by atoms with Crippen LogP contribution in [0.25, 0.3) is 0 Å². The topological polar surface area (TPSA) is 26.3 Å². The zero-order valence-corrected chi connectivity index (χ0v) is 12.9. The van der Waals surface area contributed by atoms with Crippen molar-refractivity contribution in [2.75, 3.05) is 6.61 Å². The summed E-state index contributed by atoms with van der Waals surface area (Å²) in [4.78, 5) is 11.2. The van der Waals surface area contributed by atoms with Crippen LogP contribution >= 0.6 is 0 Å². The van der Waals surface area contributed by atoms with Crippen LogP contribution in [0.3, 0.4) is 0 Å². The fourth-order valence-corrected chi connectivity index (χ4v) is 2.49. The fourth-order valence-electron chi connectivity index (χ4n) is 2.49. The van der Waals surface area contributed by atoms with Gasteiger partial charge in [-0.1, -0.05) is 13.8 Å². The molecule has 0 saturated heterocycles. The molecule has 1 aromatic carbocycles. The molecule has 0 aromatic heterocycles. The molecule has 1 atom stereocenters. The van der Waals surface area contributed by atoms with Crippen LogP contribution in [0.2, 0.25) is 0 Å². The molecule has 1 rings (SSSR count). The number of benzene rings is 1. The molecular formula is C17H26O2. The number of hydrogen-bond donors (Lipinski definition) is 0. The van der Waals surface area contributed by atoms with Gasteiger partial charge >= 0.3 is 0 Å². The molecule has 0 aliphatic carbocycles. The van der Waals surface area contributed by atoms with Gasteiger partial charge in [-0.25, -0.2) is 0 Å². The standard InChI is InChI=1S/C17H26O2/c1-6-7-19-16-10-13(3)17(14(4)11-16)9-12(2)8-15(5)18/h10-12H,6-9H2,1-5H3. The summed E-state index contributed by atoms with van der Waals surface area (Å²) in [5, 5.41) is 0. The number of carbonyl (C=O) groups excluding carboxylic acids is 1. The van der Waals surface area contributed by atoms with Crippen LogP contribution in [0.15, 0.2) is 12.1 Å². The number of ketones is 1. The van der Waals surface area contributed by atoms with Crippen LogP contribution < -0.4 is 4.74 Å². The maximum Gasteiger partial charge on any atom is 0.130 e. The van der Waals surface area contributed by atoms with E-state index in [9.17, 15) is 4.79 Å². The van der Waals surface area contributed by atoms with Gasteiger partial charge in [0, 0.05) is 6.42 Å². The second kappa shape index (κ2) is 7.32. The van der Waals surface area contributed by atoms with Gasteiger partial charge in [0.15, 0.2) is 0 Å². The molecule has 2 nitrogen and oxygen atoms in total. The van der Waals surface area contributed by atoms with Crippen molar-refractivity contribution in [1.82, 2.24) is 0 Å². The Morgan fingerprint density at radius 3 is 2.32 bits per heavy atom. The molecule has 19 heavy (non-hydrogen) atoms. The van der Waals surface area contributed by atoms with Crippen molar-refractivity contribution in [3.05, 3.63) is 28.8 Å². The summed E-state index contributed by atoms with van der Waals surface area (Å²) in [6, 6.07) is 4.22. The van der Waals surface area contributed by atoms with Gasteiger partial charge in [0.1, 0.15) is 11.5 Å². The third-order valence-electron chi connectivity index (χ3n) is 3.33. The zero-order chi connectivity index (χ0) is 14.4. The van der Waals surface area contributed by atoms with E-state index in [2.05, 4.69) is 39.8 Å². The van der Waals surface area contributed by atoms with Crippen molar-refractivity contribution in [3.8, 4) is 5.75 Å². The average molecular weight is 262 g/mol. The minimum Gasteiger partial charge on any atom is -0.494 e. The molecule has 0 amide bonds. The highest BCUT2D eigenvalue weighted by Crippen LogP contribution is 2.25. The van der Waals surface area contributed by atoms with Gasteiger partial charge in [-0.2, -0.15) is 0 Å². The molecule has 0 heterocycles. The summed E-state index contributed by atoms with van der Waals surface area (Å²) >= 11 is 0. The third kappa shape index (κ3) is 5.06. The predicted octanol–water partition coefficient (Wildman–Crippen LogP) is 4.25.